The standard InChI is InChI=1S/C7H4F2I2O/c8-3-12-7-5(11)2-1-4(10)6(7)9/h1-2H,3H2. The molecule has 0 saturated carbocycles. The molecule has 1 aromatic carbocycles. The Morgan fingerprint density at radius 3 is 2.42 bits per heavy atom. The Hall–Kier alpha value is 0.340. The Labute approximate surface area is 95.8 Å². The van der Waals surface area contributed by atoms with Crippen LogP contribution in [0.25, 0.3) is 0 Å². The summed E-state index contributed by atoms with van der Waals surface area (Å²) >= 11 is 3.72. The van der Waals surface area contributed by atoms with Crippen LogP contribution in [-0.4, -0.2) is 6.86 Å². The van der Waals surface area contributed by atoms with E-state index in [1.54, 1.807) is 12.1 Å². The second-order valence-corrected chi connectivity index (χ2v) is 4.25. The zero-order chi connectivity index (χ0) is 9.14. The van der Waals surface area contributed by atoms with Gasteiger partial charge in [-0.15, -0.1) is 0 Å². The minimum atomic E-state index is -1.01. The maximum Gasteiger partial charge on any atom is 0.228 e. The van der Waals surface area contributed by atoms with Gasteiger partial charge in [0.15, 0.2) is 11.6 Å². The van der Waals surface area contributed by atoms with Crippen molar-refractivity contribution in [2.45, 2.75) is 0 Å². The Bertz CT molecular complexity index is 291. The number of ether oxygens (including phenoxy) is 1. The van der Waals surface area contributed by atoms with Gasteiger partial charge >= 0.3 is 0 Å². The van der Waals surface area contributed by atoms with Gasteiger partial charge in [0.05, 0.1) is 7.14 Å². The molecule has 0 spiro atoms. The van der Waals surface area contributed by atoms with Crippen LogP contribution in [0.5, 0.6) is 5.75 Å². The average molecular weight is 396 g/mol. The second kappa shape index (κ2) is 4.54. The second-order valence-electron chi connectivity index (χ2n) is 1.93. The van der Waals surface area contributed by atoms with Crippen molar-refractivity contribution in [1.29, 1.82) is 0 Å². The number of rotatable bonds is 2. The van der Waals surface area contributed by atoms with Crippen LogP contribution < -0.4 is 4.74 Å². The molecule has 0 bridgehead atoms. The van der Waals surface area contributed by atoms with Gasteiger partial charge in [0.2, 0.25) is 6.86 Å². The van der Waals surface area contributed by atoms with Crippen molar-refractivity contribution in [2.75, 3.05) is 6.86 Å². The van der Waals surface area contributed by atoms with Gasteiger partial charge in [0.25, 0.3) is 0 Å². The highest BCUT2D eigenvalue weighted by Gasteiger charge is 2.11. The summed E-state index contributed by atoms with van der Waals surface area (Å²) in [5.41, 5.74) is 0. The van der Waals surface area contributed by atoms with Gasteiger partial charge in [-0.3, -0.25) is 0 Å². The maximum absolute atomic E-state index is 13.1. The highest BCUT2D eigenvalue weighted by atomic mass is 127. The van der Waals surface area contributed by atoms with E-state index in [4.69, 9.17) is 0 Å². The predicted octanol–water partition coefficient (Wildman–Crippen LogP) is 3.34. The lowest BCUT2D eigenvalue weighted by Gasteiger charge is -2.05. The number of hydrogen-bond acceptors (Lipinski definition) is 1. The zero-order valence-electron chi connectivity index (χ0n) is 5.78. The summed E-state index contributed by atoms with van der Waals surface area (Å²) in [5, 5.41) is 0. The van der Waals surface area contributed by atoms with Crippen LogP contribution in [-0.2, 0) is 0 Å². The third-order valence-electron chi connectivity index (χ3n) is 1.20. The minimum absolute atomic E-state index is 0.00926. The van der Waals surface area contributed by atoms with Gasteiger partial charge in [0, 0.05) is 0 Å². The largest absolute Gasteiger partial charge is 0.459 e. The quantitative estimate of drug-likeness (QED) is 0.551. The van der Waals surface area contributed by atoms with E-state index in [1.165, 1.54) is 0 Å². The van der Waals surface area contributed by atoms with Gasteiger partial charge < -0.3 is 4.74 Å². The fraction of sp³-hybridized carbons (Fsp3) is 0.143. The molecule has 66 valence electrons. The third kappa shape index (κ3) is 2.18. The Morgan fingerprint density at radius 2 is 1.83 bits per heavy atom. The smallest absolute Gasteiger partial charge is 0.228 e. The number of alkyl halides is 1. The first-order chi connectivity index (χ1) is 5.66. The first kappa shape index (κ1) is 10.4. The van der Waals surface area contributed by atoms with E-state index in [1.807, 2.05) is 45.2 Å². The van der Waals surface area contributed by atoms with Crippen molar-refractivity contribution in [1.82, 2.24) is 0 Å². The summed E-state index contributed by atoms with van der Waals surface area (Å²) in [5.74, 6) is -0.509. The van der Waals surface area contributed by atoms with Gasteiger partial charge in [0.1, 0.15) is 0 Å². The van der Waals surface area contributed by atoms with Crippen molar-refractivity contribution in [3.05, 3.63) is 25.1 Å². The molecular weight excluding hydrogens is 392 g/mol. The first-order valence-corrected chi connectivity index (χ1v) is 5.15. The zero-order valence-corrected chi connectivity index (χ0v) is 10.1. The number of hydrogen-bond donors (Lipinski definition) is 0. The fourth-order valence-electron chi connectivity index (χ4n) is 0.695. The van der Waals surface area contributed by atoms with E-state index in [0.29, 0.717) is 7.14 Å². The normalized spacial score (nSPS) is 10.0. The van der Waals surface area contributed by atoms with Crippen LogP contribution >= 0.6 is 45.2 Å². The molecule has 0 aliphatic carbocycles. The maximum atomic E-state index is 13.1. The summed E-state index contributed by atoms with van der Waals surface area (Å²) in [6.07, 6.45) is 0. The molecule has 5 heteroatoms. The third-order valence-corrected chi connectivity index (χ3v) is 2.88. The van der Waals surface area contributed by atoms with Crippen molar-refractivity contribution >= 4 is 45.2 Å². The molecule has 0 fully saturated rings. The summed E-state index contributed by atoms with van der Waals surface area (Å²) in [6, 6.07) is 3.29. The van der Waals surface area contributed by atoms with Gasteiger partial charge in [-0.05, 0) is 57.3 Å². The Balaban J connectivity index is 3.14. The van der Waals surface area contributed by atoms with Crippen molar-refractivity contribution in [2.24, 2.45) is 0 Å². The van der Waals surface area contributed by atoms with E-state index < -0.39 is 12.7 Å². The molecule has 0 atom stereocenters. The fourth-order valence-corrected chi connectivity index (χ4v) is 1.69. The van der Waals surface area contributed by atoms with Crippen LogP contribution in [0.1, 0.15) is 0 Å². The number of benzene rings is 1. The lowest BCUT2D eigenvalue weighted by molar-refractivity contribution is 0.182. The highest BCUT2D eigenvalue weighted by molar-refractivity contribution is 14.1. The topological polar surface area (TPSA) is 9.23 Å². The molecule has 0 aliphatic rings. The van der Waals surface area contributed by atoms with Crippen LogP contribution in [0.3, 0.4) is 0 Å². The molecular formula is C7H4F2I2O. The Kier molecular flexibility index (Phi) is 3.94. The van der Waals surface area contributed by atoms with Crippen LogP contribution in [0.15, 0.2) is 12.1 Å². The highest BCUT2D eigenvalue weighted by Crippen LogP contribution is 2.27. The summed E-state index contributed by atoms with van der Waals surface area (Å²) in [6.45, 7) is -1.01. The molecule has 1 nitrogen and oxygen atoms in total. The average Bonchev–Trinajstić information content (AvgIpc) is 2.06. The first-order valence-electron chi connectivity index (χ1n) is 2.99. The minimum Gasteiger partial charge on any atom is -0.459 e. The Morgan fingerprint density at radius 1 is 1.25 bits per heavy atom. The predicted molar refractivity (Wildman–Crippen MR) is 58.4 cm³/mol. The number of halogens is 4. The molecule has 0 saturated heterocycles. The van der Waals surface area contributed by atoms with Crippen LogP contribution in [0.2, 0.25) is 0 Å². The summed E-state index contributed by atoms with van der Waals surface area (Å²) in [4.78, 5) is 0. The van der Waals surface area contributed by atoms with E-state index in [-0.39, 0.29) is 5.75 Å². The SMILES string of the molecule is FCOc1c(I)ccc(I)c1F. The van der Waals surface area contributed by atoms with Gasteiger partial charge in [-0.1, -0.05) is 0 Å². The molecule has 0 aromatic heterocycles. The van der Waals surface area contributed by atoms with Crippen molar-refractivity contribution in [3.8, 4) is 5.75 Å². The molecule has 0 unspecified atom stereocenters. The van der Waals surface area contributed by atoms with Gasteiger partial charge in [-0.2, -0.15) is 0 Å². The molecule has 12 heavy (non-hydrogen) atoms. The van der Waals surface area contributed by atoms with Crippen molar-refractivity contribution < 1.29 is 13.5 Å². The molecule has 1 aromatic rings. The molecule has 0 N–H and O–H groups in total. The lowest BCUT2D eigenvalue weighted by atomic mass is 10.3. The molecule has 0 radical (unpaired) electrons. The van der Waals surface area contributed by atoms with E-state index in [0.717, 1.165) is 0 Å². The summed E-state index contributed by atoms with van der Waals surface area (Å²) < 4.78 is 30.4. The molecule has 0 amide bonds. The van der Waals surface area contributed by atoms with Gasteiger partial charge in [-0.25, -0.2) is 8.78 Å². The molecule has 0 aliphatic heterocycles. The molecule has 0 heterocycles. The van der Waals surface area contributed by atoms with E-state index in [9.17, 15) is 8.78 Å². The molecule has 1 rings (SSSR count). The van der Waals surface area contributed by atoms with Crippen LogP contribution in [0.4, 0.5) is 8.78 Å². The monoisotopic (exact) mass is 396 g/mol. The van der Waals surface area contributed by atoms with E-state index in [2.05, 4.69) is 4.74 Å². The van der Waals surface area contributed by atoms with Crippen LogP contribution in [0, 0.1) is 13.0 Å². The van der Waals surface area contributed by atoms with E-state index >= 15 is 0 Å². The lowest BCUT2D eigenvalue weighted by Crippen LogP contribution is -1.97. The summed E-state index contributed by atoms with van der Waals surface area (Å²) in [7, 11) is 0. The van der Waals surface area contributed by atoms with Crippen molar-refractivity contribution in [3.63, 3.8) is 0 Å².